The maximum absolute atomic E-state index is 3.52. The van der Waals surface area contributed by atoms with Crippen LogP contribution in [0.2, 0.25) is 0 Å². The van der Waals surface area contributed by atoms with Crippen molar-refractivity contribution in [1.29, 1.82) is 0 Å². The van der Waals surface area contributed by atoms with Crippen LogP contribution in [0.25, 0.3) is 10.9 Å². The summed E-state index contributed by atoms with van der Waals surface area (Å²) < 4.78 is 2.34. The first-order chi connectivity index (χ1) is 8.83. The number of aryl methyl sites for hydroxylation is 1. The monoisotopic (exact) mass is 244 g/mol. The summed E-state index contributed by atoms with van der Waals surface area (Å²) in [6.45, 7) is 7.68. The molecule has 0 atom stereocenters. The summed E-state index contributed by atoms with van der Waals surface area (Å²) in [7, 11) is 0. The topological polar surface area (TPSA) is 17.0 Å². The summed E-state index contributed by atoms with van der Waals surface area (Å²) in [6, 6.07) is 8.75. The standard InChI is InChI=1S/C16H24N2/c1-3-4-5-10-17-11-13-18-12-9-15-14(2)7-6-8-16(15)18/h6-9,12,17H,3-5,10-11,13H2,1-2H3. The summed E-state index contributed by atoms with van der Waals surface area (Å²) in [4.78, 5) is 0. The van der Waals surface area contributed by atoms with Gasteiger partial charge in [-0.3, -0.25) is 0 Å². The number of benzene rings is 1. The Kier molecular flexibility index (Phi) is 4.82. The number of hydrogen-bond acceptors (Lipinski definition) is 1. The Balaban J connectivity index is 1.86. The average molecular weight is 244 g/mol. The Hall–Kier alpha value is -1.28. The lowest BCUT2D eigenvalue weighted by atomic mass is 10.1. The van der Waals surface area contributed by atoms with Gasteiger partial charge in [-0.1, -0.05) is 31.9 Å². The molecule has 2 nitrogen and oxygen atoms in total. The van der Waals surface area contributed by atoms with Crippen molar-refractivity contribution in [3.63, 3.8) is 0 Å². The third kappa shape index (κ3) is 3.14. The first-order valence-electron chi connectivity index (χ1n) is 7.08. The highest BCUT2D eigenvalue weighted by molar-refractivity contribution is 5.83. The maximum Gasteiger partial charge on any atom is 0.0483 e. The van der Waals surface area contributed by atoms with E-state index in [4.69, 9.17) is 0 Å². The van der Waals surface area contributed by atoms with Crippen molar-refractivity contribution in [2.75, 3.05) is 13.1 Å². The van der Waals surface area contributed by atoms with Crippen LogP contribution in [-0.2, 0) is 6.54 Å². The number of fused-ring (bicyclic) bond motifs is 1. The molecule has 0 unspecified atom stereocenters. The van der Waals surface area contributed by atoms with Crippen LogP contribution < -0.4 is 5.32 Å². The molecule has 18 heavy (non-hydrogen) atoms. The van der Waals surface area contributed by atoms with Crippen molar-refractivity contribution in [3.8, 4) is 0 Å². The van der Waals surface area contributed by atoms with Gasteiger partial charge in [0.15, 0.2) is 0 Å². The third-order valence-electron chi connectivity index (χ3n) is 3.52. The first kappa shape index (κ1) is 13.2. The van der Waals surface area contributed by atoms with Crippen LogP contribution >= 0.6 is 0 Å². The van der Waals surface area contributed by atoms with E-state index >= 15 is 0 Å². The normalized spacial score (nSPS) is 11.2. The van der Waals surface area contributed by atoms with E-state index < -0.39 is 0 Å². The van der Waals surface area contributed by atoms with Crippen molar-refractivity contribution in [2.24, 2.45) is 0 Å². The zero-order valence-corrected chi connectivity index (χ0v) is 11.6. The molecule has 1 aromatic heterocycles. The van der Waals surface area contributed by atoms with Crippen molar-refractivity contribution < 1.29 is 0 Å². The number of aromatic nitrogens is 1. The van der Waals surface area contributed by atoms with E-state index in [1.54, 1.807) is 0 Å². The van der Waals surface area contributed by atoms with E-state index in [0.717, 1.165) is 19.6 Å². The molecular weight excluding hydrogens is 220 g/mol. The average Bonchev–Trinajstić information content (AvgIpc) is 2.79. The Morgan fingerprint density at radius 2 is 2.00 bits per heavy atom. The predicted molar refractivity (Wildman–Crippen MR) is 79.1 cm³/mol. The Morgan fingerprint density at radius 3 is 2.83 bits per heavy atom. The summed E-state index contributed by atoms with van der Waals surface area (Å²) >= 11 is 0. The Morgan fingerprint density at radius 1 is 1.11 bits per heavy atom. The lowest BCUT2D eigenvalue weighted by Gasteiger charge is -2.07. The van der Waals surface area contributed by atoms with E-state index in [1.165, 1.54) is 35.7 Å². The molecule has 1 aromatic carbocycles. The van der Waals surface area contributed by atoms with Crippen molar-refractivity contribution >= 4 is 10.9 Å². The molecule has 0 bridgehead atoms. The maximum atomic E-state index is 3.52. The van der Waals surface area contributed by atoms with Gasteiger partial charge >= 0.3 is 0 Å². The van der Waals surface area contributed by atoms with Gasteiger partial charge in [-0.25, -0.2) is 0 Å². The van der Waals surface area contributed by atoms with E-state index in [2.05, 4.69) is 54.2 Å². The number of nitrogens with zero attached hydrogens (tertiary/aromatic N) is 1. The number of nitrogens with one attached hydrogen (secondary N) is 1. The van der Waals surface area contributed by atoms with Gasteiger partial charge in [-0.05, 0) is 37.6 Å². The lowest BCUT2D eigenvalue weighted by Crippen LogP contribution is -2.20. The minimum absolute atomic E-state index is 1.05. The van der Waals surface area contributed by atoms with Gasteiger partial charge in [0.1, 0.15) is 0 Å². The minimum Gasteiger partial charge on any atom is -0.346 e. The number of unbranched alkanes of at least 4 members (excludes halogenated alkanes) is 2. The highest BCUT2D eigenvalue weighted by Gasteiger charge is 2.01. The van der Waals surface area contributed by atoms with Gasteiger partial charge in [-0.2, -0.15) is 0 Å². The zero-order valence-electron chi connectivity index (χ0n) is 11.6. The van der Waals surface area contributed by atoms with Crippen LogP contribution in [0.15, 0.2) is 30.5 Å². The van der Waals surface area contributed by atoms with E-state index in [1.807, 2.05) is 0 Å². The molecule has 0 radical (unpaired) electrons. The van der Waals surface area contributed by atoms with Crippen LogP contribution in [0.5, 0.6) is 0 Å². The molecule has 0 aliphatic rings. The molecule has 0 amide bonds. The molecule has 0 aliphatic heterocycles. The van der Waals surface area contributed by atoms with Crippen molar-refractivity contribution in [1.82, 2.24) is 9.88 Å². The van der Waals surface area contributed by atoms with Gasteiger partial charge in [0.2, 0.25) is 0 Å². The fourth-order valence-corrected chi connectivity index (χ4v) is 2.40. The minimum atomic E-state index is 1.05. The Labute approximate surface area is 110 Å². The largest absolute Gasteiger partial charge is 0.346 e. The molecule has 0 fully saturated rings. The SMILES string of the molecule is CCCCCNCCn1ccc2c(C)cccc21. The summed E-state index contributed by atoms with van der Waals surface area (Å²) in [6.07, 6.45) is 6.12. The molecule has 2 rings (SSSR count). The van der Waals surface area contributed by atoms with Crippen molar-refractivity contribution in [3.05, 3.63) is 36.0 Å². The second-order valence-electron chi connectivity index (χ2n) is 4.97. The fraction of sp³-hybridized carbons (Fsp3) is 0.500. The van der Waals surface area contributed by atoms with Gasteiger partial charge < -0.3 is 9.88 Å². The second-order valence-corrected chi connectivity index (χ2v) is 4.97. The molecule has 98 valence electrons. The van der Waals surface area contributed by atoms with Crippen LogP contribution in [0.3, 0.4) is 0 Å². The third-order valence-corrected chi connectivity index (χ3v) is 3.52. The van der Waals surface area contributed by atoms with E-state index in [0.29, 0.717) is 0 Å². The molecule has 2 aromatic rings. The Bertz CT molecular complexity index is 485. The van der Waals surface area contributed by atoms with Crippen LogP contribution in [0, 0.1) is 6.92 Å². The molecule has 0 saturated carbocycles. The van der Waals surface area contributed by atoms with Gasteiger partial charge in [0.25, 0.3) is 0 Å². The van der Waals surface area contributed by atoms with Crippen LogP contribution in [-0.4, -0.2) is 17.7 Å². The van der Waals surface area contributed by atoms with E-state index in [9.17, 15) is 0 Å². The molecule has 0 saturated heterocycles. The molecular formula is C16H24N2. The van der Waals surface area contributed by atoms with Crippen LogP contribution in [0.1, 0.15) is 31.7 Å². The van der Waals surface area contributed by atoms with Gasteiger partial charge in [0, 0.05) is 30.2 Å². The highest BCUT2D eigenvalue weighted by atomic mass is 15.0. The predicted octanol–water partition coefficient (Wildman–Crippen LogP) is 3.73. The lowest BCUT2D eigenvalue weighted by molar-refractivity contribution is 0.576. The molecule has 1 heterocycles. The van der Waals surface area contributed by atoms with Crippen molar-refractivity contribution in [2.45, 2.75) is 39.7 Å². The number of rotatable bonds is 7. The molecule has 2 heteroatoms. The zero-order chi connectivity index (χ0) is 12.8. The second kappa shape index (κ2) is 6.60. The molecule has 0 aliphatic carbocycles. The fourth-order valence-electron chi connectivity index (χ4n) is 2.40. The number of hydrogen-bond donors (Lipinski definition) is 1. The summed E-state index contributed by atoms with van der Waals surface area (Å²) in [5.41, 5.74) is 2.72. The van der Waals surface area contributed by atoms with E-state index in [-0.39, 0.29) is 0 Å². The van der Waals surface area contributed by atoms with Gasteiger partial charge in [0.05, 0.1) is 0 Å². The van der Waals surface area contributed by atoms with Crippen LogP contribution in [0.4, 0.5) is 0 Å². The summed E-state index contributed by atoms with van der Waals surface area (Å²) in [5, 5.41) is 4.90. The smallest absolute Gasteiger partial charge is 0.0483 e. The highest BCUT2D eigenvalue weighted by Crippen LogP contribution is 2.19. The quantitative estimate of drug-likeness (QED) is 0.734. The summed E-state index contributed by atoms with van der Waals surface area (Å²) in [5.74, 6) is 0. The molecule has 1 N–H and O–H groups in total. The molecule has 0 spiro atoms. The van der Waals surface area contributed by atoms with Gasteiger partial charge in [-0.15, -0.1) is 0 Å². The first-order valence-corrected chi connectivity index (χ1v) is 7.08.